The van der Waals surface area contributed by atoms with Gasteiger partial charge in [-0.2, -0.15) is 0 Å². The number of hydrogen-bond donors (Lipinski definition) is 1. The zero-order chi connectivity index (χ0) is 17.1. The summed E-state index contributed by atoms with van der Waals surface area (Å²) in [6.07, 6.45) is 5.52. The van der Waals surface area contributed by atoms with Crippen LogP contribution in [-0.4, -0.2) is 41.0 Å². The molecule has 0 radical (unpaired) electrons. The van der Waals surface area contributed by atoms with Gasteiger partial charge in [-0.05, 0) is 37.4 Å². The molecular formula is C21H28N4. The molecule has 0 aliphatic carbocycles. The van der Waals surface area contributed by atoms with E-state index in [1.165, 1.54) is 29.7 Å². The fourth-order valence-electron chi connectivity index (χ4n) is 3.98. The van der Waals surface area contributed by atoms with Crippen molar-refractivity contribution < 1.29 is 0 Å². The molecule has 2 atom stereocenters. The minimum absolute atomic E-state index is 0.509. The summed E-state index contributed by atoms with van der Waals surface area (Å²) in [5, 5.41) is 3.41. The van der Waals surface area contributed by atoms with Crippen molar-refractivity contribution in [2.75, 3.05) is 26.2 Å². The normalized spacial score (nSPS) is 21.9. The monoisotopic (exact) mass is 336 g/mol. The first-order valence-electron chi connectivity index (χ1n) is 9.62. The maximum absolute atomic E-state index is 4.89. The number of nitrogens with zero attached hydrogens (tertiary/aromatic N) is 3. The van der Waals surface area contributed by atoms with Crippen LogP contribution in [0.3, 0.4) is 0 Å². The molecule has 2 aromatic rings. The van der Waals surface area contributed by atoms with Crippen molar-refractivity contribution in [1.29, 1.82) is 0 Å². The van der Waals surface area contributed by atoms with Gasteiger partial charge in [-0.1, -0.05) is 37.3 Å². The first-order chi connectivity index (χ1) is 12.3. The van der Waals surface area contributed by atoms with Crippen LogP contribution >= 0.6 is 0 Å². The Kier molecular flexibility index (Phi) is 5.09. The summed E-state index contributed by atoms with van der Waals surface area (Å²) in [4.78, 5) is 12.1. The first-order valence-corrected chi connectivity index (χ1v) is 9.62. The van der Waals surface area contributed by atoms with Crippen LogP contribution in [0, 0.1) is 0 Å². The van der Waals surface area contributed by atoms with E-state index >= 15 is 0 Å². The highest BCUT2D eigenvalue weighted by Gasteiger charge is 2.23. The van der Waals surface area contributed by atoms with Crippen molar-refractivity contribution in [3.8, 4) is 0 Å². The molecule has 1 aromatic carbocycles. The van der Waals surface area contributed by atoms with E-state index < -0.39 is 0 Å². The Morgan fingerprint density at radius 1 is 1.28 bits per heavy atom. The number of aromatic nitrogens is 2. The average Bonchev–Trinajstić information content (AvgIpc) is 3.21. The van der Waals surface area contributed by atoms with Gasteiger partial charge >= 0.3 is 0 Å². The third kappa shape index (κ3) is 3.91. The van der Waals surface area contributed by atoms with Gasteiger partial charge in [-0.3, -0.25) is 4.90 Å². The maximum Gasteiger partial charge on any atom is 0.132 e. The Hall–Kier alpha value is -1.78. The molecule has 1 N–H and O–H groups in total. The van der Waals surface area contributed by atoms with E-state index in [-0.39, 0.29) is 0 Å². The quantitative estimate of drug-likeness (QED) is 0.911. The molecule has 0 saturated carbocycles. The highest BCUT2D eigenvalue weighted by atomic mass is 15.1. The van der Waals surface area contributed by atoms with Crippen molar-refractivity contribution >= 4 is 0 Å². The molecule has 4 rings (SSSR count). The van der Waals surface area contributed by atoms with Crippen LogP contribution in [0.5, 0.6) is 0 Å². The smallest absolute Gasteiger partial charge is 0.132 e. The molecule has 1 fully saturated rings. The van der Waals surface area contributed by atoms with Crippen LogP contribution in [0.4, 0.5) is 0 Å². The van der Waals surface area contributed by atoms with Crippen molar-refractivity contribution in [2.45, 2.75) is 44.6 Å². The molecule has 2 aliphatic heterocycles. The van der Waals surface area contributed by atoms with Gasteiger partial charge in [-0.15, -0.1) is 0 Å². The van der Waals surface area contributed by atoms with E-state index in [1.54, 1.807) is 0 Å². The third-order valence-corrected chi connectivity index (χ3v) is 5.70. The minimum Gasteiger partial charge on any atom is -0.316 e. The predicted molar refractivity (Wildman–Crippen MR) is 101 cm³/mol. The van der Waals surface area contributed by atoms with E-state index in [0.717, 1.165) is 45.0 Å². The van der Waals surface area contributed by atoms with Crippen molar-refractivity contribution in [3.63, 3.8) is 0 Å². The average molecular weight is 336 g/mol. The van der Waals surface area contributed by atoms with Crippen LogP contribution in [0.15, 0.2) is 36.5 Å². The molecule has 4 heteroatoms. The van der Waals surface area contributed by atoms with Crippen LogP contribution in [0.1, 0.15) is 54.2 Å². The van der Waals surface area contributed by atoms with Gasteiger partial charge < -0.3 is 5.32 Å². The van der Waals surface area contributed by atoms with E-state index in [0.29, 0.717) is 11.8 Å². The minimum atomic E-state index is 0.509. The van der Waals surface area contributed by atoms with Crippen LogP contribution < -0.4 is 5.32 Å². The Bertz CT molecular complexity index is 694. The standard InChI is InChI=1S/C21H28N4/c1-16(17-5-3-2-4-6-17)8-11-25-12-9-20-19(15-25)14-23-21(24-20)18-7-10-22-13-18/h2-6,14,16,18,22H,7-13,15H2,1H3/t16-,18-/m0/s1. The Labute approximate surface area is 150 Å². The van der Waals surface area contributed by atoms with E-state index in [9.17, 15) is 0 Å². The zero-order valence-corrected chi connectivity index (χ0v) is 15.1. The predicted octanol–water partition coefficient (Wildman–Crippen LogP) is 3.11. The SMILES string of the molecule is C[C@@H](CCN1CCc2nc([C@H]3CCNC3)ncc2C1)c1ccccc1. The summed E-state index contributed by atoms with van der Waals surface area (Å²) < 4.78 is 0. The maximum atomic E-state index is 4.89. The summed E-state index contributed by atoms with van der Waals surface area (Å²) in [5.74, 6) is 2.17. The first kappa shape index (κ1) is 16.7. The molecule has 4 nitrogen and oxygen atoms in total. The van der Waals surface area contributed by atoms with Crippen LogP contribution in [0.25, 0.3) is 0 Å². The second kappa shape index (κ2) is 7.63. The van der Waals surface area contributed by atoms with E-state index in [4.69, 9.17) is 4.98 Å². The zero-order valence-electron chi connectivity index (χ0n) is 15.1. The second-order valence-corrected chi connectivity index (χ2v) is 7.52. The highest BCUT2D eigenvalue weighted by Crippen LogP contribution is 2.24. The second-order valence-electron chi connectivity index (χ2n) is 7.52. The van der Waals surface area contributed by atoms with Crippen molar-refractivity contribution in [1.82, 2.24) is 20.2 Å². The Morgan fingerprint density at radius 3 is 2.96 bits per heavy atom. The molecule has 132 valence electrons. The number of benzene rings is 1. The molecule has 25 heavy (non-hydrogen) atoms. The number of hydrogen-bond acceptors (Lipinski definition) is 4. The van der Waals surface area contributed by atoms with E-state index in [2.05, 4.69) is 58.7 Å². The molecule has 0 bridgehead atoms. The van der Waals surface area contributed by atoms with E-state index in [1.807, 2.05) is 0 Å². The van der Waals surface area contributed by atoms with Gasteiger partial charge in [0.2, 0.25) is 0 Å². The number of fused-ring (bicyclic) bond motifs is 1. The molecule has 0 spiro atoms. The lowest BCUT2D eigenvalue weighted by Gasteiger charge is -2.29. The fourth-order valence-corrected chi connectivity index (χ4v) is 3.98. The lowest BCUT2D eigenvalue weighted by atomic mass is 9.97. The van der Waals surface area contributed by atoms with Gasteiger partial charge in [0.05, 0.1) is 0 Å². The summed E-state index contributed by atoms with van der Waals surface area (Å²) >= 11 is 0. The van der Waals surface area contributed by atoms with Gasteiger partial charge in [0.25, 0.3) is 0 Å². The molecule has 0 unspecified atom stereocenters. The van der Waals surface area contributed by atoms with Gasteiger partial charge in [0, 0.05) is 49.4 Å². The largest absolute Gasteiger partial charge is 0.316 e. The lowest BCUT2D eigenvalue weighted by Crippen LogP contribution is -2.33. The van der Waals surface area contributed by atoms with Gasteiger partial charge in [0.15, 0.2) is 0 Å². The topological polar surface area (TPSA) is 41.1 Å². The number of rotatable bonds is 5. The van der Waals surface area contributed by atoms with Gasteiger partial charge in [-0.25, -0.2) is 9.97 Å². The van der Waals surface area contributed by atoms with Crippen LogP contribution in [0.2, 0.25) is 0 Å². The van der Waals surface area contributed by atoms with Crippen molar-refractivity contribution in [2.24, 2.45) is 0 Å². The Balaban J connectivity index is 1.35. The summed E-state index contributed by atoms with van der Waals surface area (Å²) in [7, 11) is 0. The summed E-state index contributed by atoms with van der Waals surface area (Å²) in [5.41, 5.74) is 4.05. The van der Waals surface area contributed by atoms with Crippen LogP contribution in [-0.2, 0) is 13.0 Å². The third-order valence-electron chi connectivity index (χ3n) is 5.70. The molecule has 3 heterocycles. The molecule has 1 aromatic heterocycles. The number of nitrogens with one attached hydrogen (secondary N) is 1. The summed E-state index contributed by atoms with van der Waals surface area (Å²) in [6, 6.07) is 10.8. The molecule has 1 saturated heterocycles. The Morgan fingerprint density at radius 2 is 2.16 bits per heavy atom. The summed E-state index contributed by atoms with van der Waals surface area (Å²) in [6.45, 7) is 7.72. The molecular weight excluding hydrogens is 308 g/mol. The fraction of sp³-hybridized carbons (Fsp3) is 0.524. The molecule has 0 amide bonds. The lowest BCUT2D eigenvalue weighted by molar-refractivity contribution is 0.242. The highest BCUT2D eigenvalue weighted by molar-refractivity contribution is 5.22. The molecule has 2 aliphatic rings. The van der Waals surface area contributed by atoms with Gasteiger partial charge in [0.1, 0.15) is 5.82 Å². The van der Waals surface area contributed by atoms with Crippen molar-refractivity contribution in [3.05, 3.63) is 59.2 Å².